The van der Waals surface area contributed by atoms with E-state index in [1.54, 1.807) is 11.3 Å². The number of aliphatic hydroxyl groups is 1. The van der Waals surface area contributed by atoms with Crippen LogP contribution in [0.15, 0.2) is 15.9 Å². The summed E-state index contributed by atoms with van der Waals surface area (Å²) in [7, 11) is 0. The smallest absolute Gasteiger partial charge is 0.0692 e. The molecule has 2 rings (SSSR count). The Morgan fingerprint density at radius 2 is 2.43 bits per heavy atom. The zero-order valence-corrected chi connectivity index (χ0v) is 10.3. The largest absolute Gasteiger partial charge is 0.392 e. The summed E-state index contributed by atoms with van der Waals surface area (Å²) < 4.78 is 1.16. The second-order valence-electron chi connectivity index (χ2n) is 3.73. The van der Waals surface area contributed by atoms with E-state index in [4.69, 9.17) is 0 Å². The summed E-state index contributed by atoms with van der Waals surface area (Å²) in [6.07, 6.45) is 2.26. The molecular formula is C10H14BrNOS. The van der Waals surface area contributed by atoms with Gasteiger partial charge in [0, 0.05) is 22.4 Å². The first-order valence-electron chi connectivity index (χ1n) is 4.88. The average Bonchev–Trinajstić information content (AvgIpc) is 2.93. The molecule has 1 aromatic rings. The second-order valence-corrected chi connectivity index (χ2v) is 5.58. The minimum atomic E-state index is -0.145. The number of nitrogens with one attached hydrogen (secondary N) is 1. The summed E-state index contributed by atoms with van der Waals surface area (Å²) >= 11 is 5.22. The predicted octanol–water partition coefficient (Wildman–Crippen LogP) is 2.37. The van der Waals surface area contributed by atoms with Gasteiger partial charge in [0.1, 0.15) is 0 Å². The molecule has 1 unspecified atom stereocenters. The van der Waals surface area contributed by atoms with Crippen LogP contribution in [-0.2, 0) is 6.54 Å². The Morgan fingerprint density at radius 3 is 3.00 bits per heavy atom. The molecule has 0 bridgehead atoms. The maximum absolute atomic E-state index is 9.62. The van der Waals surface area contributed by atoms with E-state index in [1.807, 2.05) is 0 Å². The lowest BCUT2D eigenvalue weighted by atomic mass is 10.2. The number of rotatable bonds is 5. The van der Waals surface area contributed by atoms with E-state index < -0.39 is 0 Å². The molecule has 0 amide bonds. The lowest BCUT2D eigenvalue weighted by Crippen LogP contribution is -2.27. The molecule has 1 heterocycles. The van der Waals surface area contributed by atoms with Crippen LogP contribution in [-0.4, -0.2) is 17.8 Å². The van der Waals surface area contributed by atoms with Crippen LogP contribution >= 0.6 is 27.3 Å². The van der Waals surface area contributed by atoms with E-state index in [0.29, 0.717) is 5.92 Å². The van der Waals surface area contributed by atoms with E-state index >= 15 is 0 Å². The topological polar surface area (TPSA) is 32.3 Å². The Kier molecular flexibility index (Phi) is 3.60. The summed E-state index contributed by atoms with van der Waals surface area (Å²) in [5.41, 5.74) is 0. The fraction of sp³-hybridized carbons (Fsp3) is 0.600. The highest BCUT2D eigenvalue weighted by molar-refractivity contribution is 9.10. The fourth-order valence-electron chi connectivity index (χ4n) is 1.43. The van der Waals surface area contributed by atoms with Crippen LogP contribution in [0.5, 0.6) is 0 Å². The van der Waals surface area contributed by atoms with Crippen molar-refractivity contribution in [1.82, 2.24) is 5.32 Å². The Labute approximate surface area is 96.5 Å². The van der Waals surface area contributed by atoms with E-state index in [0.717, 1.165) is 17.6 Å². The van der Waals surface area contributed by atoms with E-state index in [1.165, 1.54) is 17.7 Å². The highest BCUT2D eigenvalue weighted by Gasteiger charge is 2.29. The van der Waals surface area contributed by atoms with Gasteiger partial charge in [0.25, 0.3) is 0 Å². The molecule has 2 N–H and O–H groups in total. The Bertz CT molecular complexity index is 298. The molecule has 2 nitrogen and oxygen atoms in total. The van der Waals surface area contributed by atoms with E-state index in [2.05, 4.69) is 32.7 Å². The molecule has 4 heteroatoms. The lowest BCUT2D eigenvalue weighted by molar-refractivity contribution is 0.148. The van der Waals surface area contributed by atoms with Gasteiger partial charge in [-0.3, -0.25) is 0 Å². The van der Waals surface area contributed by atoms with Crippen molar-refractivity contribution in [3.05, 3.63) is 20.8 Å². The van der Waals surface area contributed by atoms with Crippen LogP contribution in [0.25, 0.3) is 0 Å². The van der Waals surface area contributed by atoms with Crippen molar-refractivity contribution in [3.63, 3.8) is 0 Å². The van der Waals surface area contributed by atoms with Crippen molar-refractivity contribution in [2.45, 2.75) is 25.5 Å². The van der Waals surface area contributed by atoms with Crippen LogP contribution < -0.4 is 5.32 Å². The molecule has 78 valence electrons. The summed E-state index contributed by atoms with van der Waals surface area (Å²) in [6, 6.07) is 2.05. The van der Waals surface area contributed by atoms with Crippen molar-refractivity contribution in [1.29, 1.82) is 0 Å². The summed E-state index contributed by atoms with van der Waals surface area (Å²) in [6.45, 7) is 1.57. The van der Waals surface area contributed by atoms with Gasteiger partial charge >= 0.3 is 0 Å². The van der Waals surface area contributed by atoms with Crippen molar-refractivity contribution in [2.24, 2.45) is 5.92 Å². The summed E-state index contributed by atoms with van der Waals surface area (Å²) in [5.74, 6) is 0.564. The molecular weight excluding hydrogens is 262 g/mol. The first-order chi connectivity index (χ1) is 6.77. The zero-order valence-electron chi connectivity index (χ0n) is 7.87. The SMILES string of the molecule is OC(CNCc1sccc1Br)C1CC1. The maximum Gasteiger partial charge on any atom is 0.0692 e. The third-order valence-electron chi connectivity index (χ3n) is 2.50. The fourth-order valence-corrected chi connectivity index (χ4v) is 2.89. The molecule has 1 aliphatic carbocycles. The van der Waals surface area contributed by atoms with Gasteiger partial charge in [0.05, 0.1) is 6.10 Å². The molecule has 0 aromatic carbocycles. The van der Waals surface area contributed by atoms with Crippen LogP contribution in [0.4, 0.5) is 0 Å². The molecule has 0 spiro atoms. The molecule has 1 aromatic heterocycles. The second kappa shape index (κ2) is 4.75. The minimum Gasteiger partial charge on any atom is -0.392 e. The highest BCUT2D eigenvalue weighted by atomic mass is 79.9. The van der Waals surface area contributed by atoms with Gasteiger partial charge in [-0.2, -0.15) is 0 Å². The third-order valence-corrected chi connectivity index (χ3v) is 4.42. The molecule has 1 aliphatic rings. The predicted molar refractivity (Wildman–Crippen MR) is 62.5 cm³/mol. The van der Waals surface area contributed by atoms with Gasteiger partial charge in [0.2, 0.25) is 0 Å². The standard InChI is InChI=1S/C10H14BrNOS/c11-8-3-4-14-10(8)6-12-5-9(13)7-1-2-7/h3-4,7,9,12-13H,1-2,5-6H2. The quantitative estimate of drug-likeness (QED) is 0.865. The first-order valence-corrected chi connectivity index (χ1v) is 6.55. The monoisotopic (exact) mass is 275 g/mol. The van der Waals surface area contributed by atoms with Crippen LogP contribution in [0, 0.1) is 5.92 Å². The Balaban J connectivity index is 1.69. The van der Waals surface area contributed by atoms with Crippen molar-refractivity contribution in [2.75, 3.05) is 6.54 Å². The van der Waals surface area contributed by atoms with Gasteiger partial charge in [0.15, 0.2) is 0 Å². The molecule has 14 heavy (non-hydrogen) atoms. The number of halogens is 1. The zero-order chi connectivity index (χ0) is 9.97. The van der Waals surface area contributed by atoms with Gasteiger partial charge in [-0.05, 0) is 46.1 Å². The Morgan fingerprint density at radius 1 is 1.64 bits per heavy atom. The maximum atomic E-state index is 9.62. The molecule has 0 radical (unpaired) electrons. The van der Waals surface area contributed by atoms with Gasteiger partial charge in [-0.15, -0.1) is 11.3 Å². The van der Waals surface area contributed by atoms with Crippen molar-refractivity contribution >= 4 is 27.3 Å². The van der Waals surface area contributed by atoms with Crippen LogP contribution in [0.1, 0.15) is 17.7 Å². The van der Waals surface area contributed by atoms with Crippen LogP contribution in [0.2, 0.25) is 0 Å². The van der Waals surface area contributed by atoms with Gasteiger partial charge in [-0.1, -0.05) is 0 Å². The average molecular weight is 276 g/mol. The molecule has 0 aliphatic heterocycles. The Hall–Kier alpha value is 0.100. The molecule has 1 atom stereocenters. The van der Waals surface area contributed by atoms with Crippen LogP contribution in [0.3, 0.4) is 0 Å². The van der Waals surface area contributed by atoms with Crippen molar-refractivity contribution in [3.8, 4) is 0 Å². The lowest BCUT2D eigenvalue weighted by Gasteiger charge is -2.09. The third kappa shape index (κ3) is 2.79. The number of hydrogen-bond acceptors (Lipinski definition) is 3. The van der Waals surface area contributed by atoms with Gasteiger partial charge < -0.3 is 10.4 Å². The number of aliphatic hydroxyl groups excluding tert-OH is 1. The van der Waals surface area contributed by atoms with Crippen molar-refractivity contribution < 1.29 is 5.11 Å². The number of hydrogen-bond donors (Lipinski definition) is 2. The van der Waals surface area contributed by atoms with E-state index in [-0.39, 0.29) is 6.10 Å². The molecule has 0 saturated heterocycles. The highest BCUT2D eigenvalue weighted by Crippen LogP contribution is 2.32. The first kappa shape index (κ1) is 10.6. The summed E-state index contributed by atoms with van der Waals surface area (Å²) in [5, 5.41) is 15.0. The molecule has 1 fully saturated rings. The molecule has 1 saturated carbocycles. The van der Waals surface area contributed by atoms with Gasteiger partial charge in [-0.25, -0.2) is 0 Å². The summed E-state index contributed by atoms with van der Waals surface area (Å²) in [4.78, 5) is 1.30. The minimum absolute atomic E-state index is 0.145. The number of thiophene rings is 1. The normalized spacial score (nSPS) is 18.4. The van der Waals surface area contributed by atoms with E-state index in [9.17, 15) is 5.11 Å².